The highest BCUT2D eigenvalue weighted by atomic mass is 16.5. The van der Waals surface area contributed by atoms with E-state index in [2.05, 4.69) is 5.32 Å². The molecule has 1 heterocycles. The van der Waals surface area contributed by atoms with Crippen LogP contribution in [-0.2, 0) is 17.6 Å². The quantitative estimate of drug-likeness (QED) is 0.296. The van der Waals surface area contributed by atoms with Gasteiger partial charge in [0.15, 0.2) is 11.5 Å². The fourth-order valence-electron chi connectivity index (χ4n) is 5.15. The van der Waals surface area contributed by atoms with Gasteiger partial charge in [0.1, 0.15) is 5.75 Å². The van der Waals surface area contributed by atoms with Crippen molar-refractivity contribution >= 4 is 17.7 Å². The van der Waals surface area contributed by atoms with Crippen LogP contribution in [0.5, 0.6) is 17.2 Å². The average Bonchev–Trinajstić information content (AvgIpc) is 2.96. The molecule has 0 aliphatic carbocycles. The number of nitrogens with zero attached hydrogens (tertiary/aromatic N) is 1. The molecule has 0 saturated heterocycles. The monoisotopic (exact) mass is 547 g/mol. The second-order valence-corrected chi connectivity index (χ2v) is 9.62. The topological polar surface area (TPSA) is 112 Å². The van der Waals surface area contributed by atoms with Crippen molar-refractivity contribution < 1.29 is 28.5 Å². The lowest BCUT2D eigenvalue weighted by atomic mass is 9.85. The lowest BCUT2D eigenvalue weighted by molar-refractivity contribution is 0.0600. The van der Waals surface area contributed by atoms with Gasteiger partial charge in [0, 0.05) is 19.5 Å². The smallest absolute Gasteiger partial charge is 0.337 e. The van der Waals surface area contributed by atoms with Gasteiger partial charge < -0.3 is 34.9 Å². The largest absolute Gasteiger partial charge is 0.495 e. The van der Waals surface area contributed by atoms with Crippen molar-refractivity contribution in [1.29, 1.82) is 0 Å². The lowest BCUT2D eigenvalue weighted by Gasteiger charge is -2.38. The number of urea groups is 1. The van der Waals surface area contributed by atoms with Crippen LogP contribution in [0, 0.1) is 6.92 Å². The van der Waals surface area contributed by atoms with Gasteiger partial charge in [-0.1, -0.05) is 12.1 Å². The van der Waals surface area contributed by atoms with Crippen LogP contribution < -0.4 is 25.3 Å². The van der Waals surface area contributed by atoms with E-state index in [1.54, 1.807) is 26.4 Å². The van der Waals surface area contributed by atoms with Crippen LogP contribution in [-0.4, -0.2) is 57.9 Å². The number of hydrogen-bond donors (Lipinski definition) is 2. The molecular formula is C31H37N3O6. The lowest BCUT2D eigenvalue weighted by Crippen LogP contribution is -2.46. The number of amides is 2. The molecule has 2 amide bonds. The van der Waals surface area contributed by atoms with Gasteiger partial charge in [0.05, 0.1) is 45.2 Å². The maximum absolute atomic E-state index is 13.2. The number of rotatable bonds is 9. The normalized spacial score (nSPS) is 14.2. The fraction of sp³-hybridized carbons (Fsp3) is 0.355. The van der Waals surface area contributed by atoms with Crippen LogP contribution in [0.15, 0.2) is 48.5 Å². The molecule has 0 saturated carbocycles. The Bertz CT molecular complexity index is 1390. The van der Waals surface area contributed by atoms with Crippen molar-refractivity contribution in [3.05, 3.63) is 81.9 Å². The van der Waals surface area contributed by atoms with Gasteiger partial charge in [0.2, 0.25) is 0 Å². The summed E-state index contributed by atoms with van der Waals surface area (Å²) < 4.78 is 22.1. The van der Waals surface area contributed by atoms with Crippen molar-refractivity contribution in [1.82, 2.24) is 10.2 Å². The number of fused-ring (bicyclic) bond motifs is 1. The summed E-state index contributed by atoms with van der Waals surface area (Å²) in [5, 5.41) is 2.94. The number of carbonyl (C=O) groups excluding carboxylic acids is 2. The number of benzene rings is 3. The number of carbonyl (C=O) groups is 2. The maximum atomic E-state index is 13.2. The molecule has 3 aromatic carbocycles. The summed E-state index contributed by atoms with van der Waals surface area (Å²) in [5.74, 6) is 1.46. The molecule has 3 N–H and O–H groups in total. The van der Waals surface area contributed by atoms with Gasteiger partial charge in [-0.05, 0) is 84.5 Å². The number of methoxy groups -OCH3 is 3. The van der Waals surface area contributed by atoms with Gasteiger partial charge in [-0.3, -0.25) is 0 Å². The van der Waals surface area contributed by atoms with E-state index in [9.17, 15) is 9.59 Å². The van der Waals surface area contributed by atoms with Crippen molar-refractivity contribution in [3.8, 4) is 17.2 Å². The highest BCUT2D eigenvalue weighted by Gasteiger charge is 2.34. The minimum atomic E-state index is -0.404. The third-order valence-corrected chi connectivity index (χ3v) is 7.17. The van der Waals surface area contributed by atoms with Crippen molar-refractivity contribution in [3.63, 3.8) is 0 Å². The summed E-state index contributed by atoms with van der Waals surface area (Å²) in [6.45, 7) is 5.28. The Kier molecular flexibility index (Phi) is 9.04. The van der Waals surface area contributed by atoms with E-state index < -0.39 is 5.97 Å². The number of nitrogen functional groups attached to an aromatic ring is 1. The van der Waals surface area contributed by atoms with Crippen molar-refractivity contribution in [2.75, 3.05) is 46.8 Å². The second kappa shape index (κ2) is 12.6. The average molecular weight is 548 g/mol. The molecule has 40 heavy (non-hydrogen) atoms. The first kappa shape index (κ1) is 28.6. The summed E-state index contributed by atoms with van der Waals surface area (Å²) in [6.07, 6.45) is 1.31. The fourth-order valence-corrected chi connectivity index (χ4v) is 5.15. The van der Waals surface area contributed by atoms with E-state index in [1.807, 2.05) is 55.1 Å². The molecule has 0 spiro atoms. The van der Waals surface area contributed by atoms with Gasteiger partial charge >= 0.3 is 12.0 Å². The van der Waals surface area contributed by atoms with Crippen LogP contribution in [0.3, 0.4) is 0 Å². The SMILES string of the molecule is CCNC(=O)N1CCc2cc(OC)c(OCCc3ccc(OC)c(N)c3)cc2C1c1ccc(C(=O)OC)cc1C. The third-order valence-electron chi connectivity index (χ3n) is 7.17. The van der Waals surface area contributed by atoms with Gasteiger partial charge in [-0.25, -0.2) is 9.59 Å². The van der Waals surface area contributed by atoms with Crippen LogP contribution in [0.2, 0.25) is 0 Å². The van der Waals surface area contributed by atoms with Crippen LogP contribution >= 0.6 is 0 Å². The first-order valence-electron chi connectivity index (χ1n) is 13.3. The maximum Gasteiger partial charge on any atom is 0.337 e. The van der Waals surface area contributed by atoms with E-state index >= 15 is 0 Å². The molecule has 9 heteroatoms. The molecule has 1 aliphatic rings. The first-order chi connectivity index (χ1) is 19.3. The Hall–Kier alpha value is -4.40. The van der Waals surface area contributed by atoms with Gasteiger partial charge in [-0.2, -0.15) is 0 Å². The Morgan fingerprint density at radius 1 is 0.975 bits per heavy atom. The zero-order chi connectivity index (χ0) is 28.8. The summed E-state index contributed by atoms with van der Waals surface area (Å²) in [5.41, 5.74) is 12.0. The number of anilines is 1. The van der Waals surface area contributed by atoms with E-state index in [1.165, 1.54) is 7.11 Å². The molecule has 4 rings (SSSR count). The predicted octanol–water partition coefficient (Wildman–Crippen LogP) is 4.68. The highest BCUT2D eigenvalue weighted by Crippen LogP contribution is 2.42. The minimum Gasteiger partial charge on any atom is -0.495 e. The highest BCUT2D eigenvalue weighted by molar-refractivity contribution is 5.89. The van der Waals surface area contributed by atoms with Gasteiger partial charge in [0.25, 0.3) is 0 Å². The number of aryl methyl sites for hydroxylation is 1. The Morgan fingerprint density at radius 2 is 1.75 bits per heavy atom. The summed E-state index contributed by atoms with van der Waals surface area (Å²) in [4.78, 5) is 27.2. The van der Waals surface area contributed by atoms with Crippen LogP contribution in [0.4, 0.5) is 10.5 Å². The third kappa shape index (κ3) is 5.93. The van der Waals surface area contributed by atoms with Gasteiger partial charge in [-0.15, -0.1) is 0 Å². The molecule has 0 radical (unpaired) electrons. The number of nitrogens with two attached hydrogens (primary N) is 1. The number of hydrogen-bond acceptors (Lipinski definition) is 7. The predicted molar refractivity (Wildman–Crippen MR) is 153 cm³/mol. The second-order valence-electron chi connectivity index (χ2n) is 9.62. The zero-order valence-electron chi connectivity index (χ0n) is 23.7. The Morgan fingerprint density at radius 3 is 2.40 bits per heavy atom. The van der Waals surface area contributed by atoms with Crippen molar-refractivity contribution in [2.45, 2.75) is 32.7 Å². The summed E-state index contributed by atoms with van der Waals surface area (Å²) in [7, 11) is 4.57. The van der Waals surface area contributed by atoms with Crippen molar-refractivity contribution in [2.24, 2.45) is 0 Å². The molecule has 1 atom stereocenters. The molecule has 1 unspecified atom stereocenters. The number of nitrogens with one attached hydrogen (secondary N) is 1. The number of esters is 1. The molecule has 3 aromatic rings. The molecule has 0 bridgehead atoms. The van der Waals surface area contributed by atoms with E-state index in [0.717, 1.165) is 27.8 Å². The van der Waals surface area contributed by atoms with Crippen LogP contribution in [0.25, 0.3) is 0 Å². The molecule has 0 aromatic heterocycles. The number of ether oxygens (including phenoxy) is 4. The summed E-state index contributed by atoms with van der Waals surface area (Å²) in [6, 6.07) is 14.6. The Balaban J connectivity index is 1.69. The summed E-state index contributed by atoms with van der Waals surface area (Å²) >= 11 is 0. The molecular weight excluding hydrogens is 510 g/mol. The molecule has 9 nitrogen and oxygen atoms in total. The minimum absolute atomic E-state index is 0.148. The van der Waals surface area contributed by atoms with E-state index in [4.69, 9.17) is 24.7 Å². The zero-order valence-corrected chi connectivity index (χ0v) is 23.7. The first-order valence-corrected chi connectivity index (χ1v) is 13.3. The standard InChI is InChI=1S/C31H37N3O6/c1-6-33-31(36)34-13-11-21-17-27(38-4)28(40-14-12-20-7-10-26(37-3)25(32)16-20)18-24(21)29(34)23-9-8-22(15-19(23)2)30(35)39-5/h7-10,15-18,29H,6,11-14,32H2,1-5H3,(H,33,36). The van der Waals surface area contributed by atoms with E-state index in [0.29, 0.717) is 61.0 Å². The van der Waals surface area contributed by atoms with Crippen LogP contribution in [0.1, 0.15) is 51.1 Å². The molecule has 1 aliphatic heterocycles. The molecule has 0 fully saturated rings. The Labute approximate surface area is 235 Å². The molecule has 212 valence electrons. The van der Waals surface area contributed by atoms with E-state index in [-0.39, 0.29) is 12.1 Å².